The van der Waals surface area contributed by atoms with E-state index in [1.807, 2.05) is 0 Å². The number of nitrogens with one attached hydrogen (secondary N) is 1. The van der Waals surface area contributed by atoms with Crippen molar-refractivity contribution in [1.29, 1.82) is 0 Å². The molecular weight excluding hydrogens is 354 g/mol. The van der Waals surface area contributed by atoms with E-state index in [4.69, 9.17) is 4.74 Å². The van der Waals surface area contributed by atoms with Crippen LogP contribution in [0.4, 0.5) is 0 Å². The number of rotatable bonds is 12. The minimum atomic E-state index is 0.309. The Hall–Kier alpha value is -0.0800. The Bertz CT molecular complexity index is 438. The van der Waals surface area contributed by atoms with Crippen molar-refractivity contribution in [2.24, 2.45) is 16.7 Å². The van der Waals surface area contributed by atoms with Gasteiger partial charge in [0.2, 0.25) is 0 Å². The highest BCUT2D eigenvalue weighted by molar-refractivity contribution is 5.11. The lowest BCUT2D eigenvalue weighted by Crippen LogP contribution is -2.59. The standard InChI is InChI=1S/C27H53NO/c1-6-9-11-14-18-24(8-3)27-22-29-23(4)25(27)28-21-17-13-16-20-26(27,5)19-15-12-10-7-2/h23-25,28H,6-22H2,1-5H3/t23-,24?,25+,26?,27?/m0/s1. The molecule has 2 saturated heterocycles. The van der Waals surface area contributed by atoms with E-state index in [2.05, 4.69) is 39.9 Å². The summed E-state index contributed by atoms with van der Waals surface area (Å²) in [5, 5.41) is 4.06. The van der Waals surface area contributed by atoms with Gasteiger partial charge in [0, 0.05) is 11.5 Å². The quantitative estimate of drug-likeness (QED) is 0.332. The third kappa shape index (κ3) is 6.00. The first-order valence-electron chi connectivity index (χ1n) is 13.4. The Morgan fingerprint density at radius 3 is 2.34 bits per heavy atom. The first-order valence-corrected chi connectivity index (χ1v) is 13.4. The SMILES string of the molecule is CCCCCCC(CC)C12CO[C@@H](C)[C@H]1NCCCCCC2(C)CCCCCC. The topological polar surface area (TPSA) is 21.3 Å². The molecule has 2 aliphatic heterocycles. The van der Waals surface area contributed by atoms with E-state index in [9.17, 15) is 0 Å². The molecule has 0 aromatic heterocycles. The van der Waals surface area contributed by atoms with Crippen molar-refractivity contribution in [2.75, 3.05) is 13.2 Å². The Morgan fingerprint density at radius 2 is 1.66 bits per heavy atom. The van der Waals surface area contributed by atoms with E-state index >= 15 is 0 Å². The summed E-state index contributed by atoms with van der Waals surface area (Å²) < 4.78 is 6.53. The van der Waals surface area contributed by atoms with Crippen LogP contribution in [0.3, 0.4) is 0 Å². The number of hydrogen-bond acceptors (Lipinski definition) is 2. The summed E-state index contributed by atoms with van der Waals surface area (Å²) >= 11 is 0. The van der Waals surface area contributed by atoms with Crippen LogP contribution in [0, 0.1) is 16.7 Å². The monoisotopic (exact) mass is 407 g/mol. The summed E-state index contributed by atoms with van der Waals surface area (Å²) in [6.07, 6.45) is 21.1. The third-order valence-corrected chi connectivity index (χ3v) is 8.71. The number of hydrogen-bond donors (Lipinski definition) is 1. The molecule has 29 heavy (non-hydrogen) atoms. The summed E-state index contributed by atoms with van der Waals surface area (Å²) in [6.45, 7) is 14.3. The molecule has 172 valence electrons. The van der Waals surface area contributed by atoms with Crippen LogP contribution in [0.1, 0.15) is 131 Å². The van der Waals surface area contributed by atoms with E-state index < -0.39 is 0 Å². The van der Waals surface area contributed by atoms with Crippen molar-refractivity contribution in [1.82, 2.24) is 5.32 Å². The molecule has 5 atom stereocenters. The van der Waals surface area contributed by atoms with Crippen LogP contribution < -0.4 is 5.32 Å². The highest BCUT2D eigenvalue weighted by atomic mass is 16.5. The van der Waals surface area contributed by atoms with Gasteiger partial charge >= 0.3 is 0 Å². The molecule has 2 nitrogen and oxygen atoms in total. The van der Waals surface area contributed by atoms with Gasteiger partial charge in [-0.25, -0.2) is 0 Å². The molecule has 0 radical (unpaired) electrons. The fourth-order valence-corrected chi connectivity index (χ4v) is 6.89. The lowest BCUT2D eigenvalue weighted by Gasteiger charge is -2.54. The van der Waals surface area contributed by atoms with Crippen LogP contribution >= 0.6 is 0 Å². The molecule has 0 aromatic carbocycles. The summed E-state index contributed by atoms with van der Waals surface area (Å²) in [6, 6.07) is 0.535. The molecule has 0 aliphatic carbocycles. The fraction of sp³-hybridized carbons (Fsp3) is 1.00. The first-order chi connectivity index (χ1) is 14.1. The molecule has 0 aromatic rings. The maximum absolute atomic E-state index is 6.53. The lowest BCUT2D eigenvalue weighted by atomic mass is 9.51. The Labute approximate surface area is 183 Å². The molecule has 2 aliphatic rings. The smallest absolute Gasteiger partial charge is 0.0706 e. The highest BCUT2D eigenvalue weighted by Crippen LogP contribution is 2.59. The van der Waals surface area contributed by atoms with Crippen LogP contribution in [0.15, 0.2) is 0 Å². The first kappa shape index (κ1) is 25.2. The summed E-state index contributed by atoms with van der Waals surface area (Å²) in [7, 11) is 0. The molecule has 2 rings (SSSR count). The second kappa shape index (κ2) is 12.7. The normalized spacial score (nSPS) is 34.2. The van der Waals surface area contributed by atoms with Crippen molar-refractivity contribution in [3.8, 4) is 0 Å². The Kier molecular flexibility index (Phi) is 11.0. The molecule has 2 heteroatoms. The largest absolute Gasteiger partial charge is 0.376 e. The number of ether oxygens (including phenoxy) is 1. The predicted molar refractivity (Wildman–Crippen MR) is 128 cm³/mol. The van der Waals surface area contributed by atoms with E-state index in [-0.39, 0.29) is 0 Å². The molecule has 0 saturated carbocycles. The molecule has 0 bridgehead atoms. The van der Waals surface area contributed by atoms with Gasteiger partial charge in [0.15, 0.2) is 0 Å². The predicted octanol–water partition coefficient (Wildman–Crippen LogP) is 7.90. The average molecular weight is 408 g/mol. The van der Waals surface area contributed by atoms with Crippen LogP contribution in [-0.4, -0.2) is 25.3 Å². The number of fused-ring (bicyclic) bond motifs is 1. The van der Waals surface area contributed by atoms with Crippen LogP contribution in [-0.2, 0) is 4.74 Å². The van der Waals surface area contributed by atoms with Crippen LogP contribution in [0.25, 0.3) is 0 Å². The van der Waals surface area contributed by atoms with Crippen molar-refractivity contribution < 1.29 is 4.74 Å². The number of unbranched alkanes of at least 4 members (excludes halogenated alkanes) is 6. The molecule has 3 unspecified atom stereocenters. The zero-order valence-electron chi connectivity index (χ0n) is 20.7. The van der Waals surface area contributed by atoms with Gasteiger partial charge in [-0.05, 0) is 50.5 Å². The Morgan fingerprint density at radius 1 is 0.931 bits per heavy atom. The van der Waals surface area contributed by atoms with Crippen LogP contribution in [0.2, 0.25) is 0 Å². The second-order valence-electron chi connectivity index (χ2n) is 10.6. The highest BCUT2D eigenvalue weighted by Gasteiger charge is 2.60. The Balaban J connectivity index is 2.32. The van der Waals surface area contributed by atoms with Gasteiger partial charge < -0.3 is 10.1 Å². The van der Waals surface area contributed by atoms with E-state index in [1.165, 1.54) is 103 Å². The van der Waals surface area contributed by atoms with E-state index in [0.717, 1.165) is 12.5 Å². The summed E-state index contributed by atoms with van der Waals surface area (Å²) in [5.74, 6) is 0.788. The van der Waals surface area contributed by atoms with Crippen molar-refractivity contribution >= 4 is 0 Å². The van der Waals surface area contributed by atoms with Gasteiger partial charge in [-0.1, -0.05) is 98.3 Å². The van der Waals surface area contributed by atoms with Gasteiger partial charge in [-0.3, -0.25) is 0 Å². The zero-order valence-corrected chi connectivity index (χ0v) is 20.7. The minimum Gasteiger partial charge on any atom is -0.376 e. The molecule has 0 spiro atoms. The lowest BCUT2D eigenvalue weighted by molar-refractivity contribution is -0.0534. The van der Waals surface area contributed by atoms with Crippen molar-refractivity contribution in [3.05, 3.63) is 0 Å². The van der Waals surface area contributed by atoms with Gasteiger partial charge in [0.05, 0.1) is 12.7 Å². The fourth-order valence-electron chi connectivity index (χ4n) is 6.89. The summed E-state index contributed by atoms with van der Waals surface area (Å²) in [5.41, 5.74) is 0.711. The van der Waals surface area contributed by atoms with Gasteiger partial charge in [0.1, 0.15) is 0 Å². The molecular formula is C27H53NO. The molecule has 2 fully saturated rings. The molecule has 1 N–H and O–H groups in total. The van der Waals surface area contributed by atoms with Gasteiger partial charge in [-0.15, -0.1) is 0 Å². The molecule has 2 heterocycles. The van der Waals surface area contributed by atoms with E-state index in [0.29, 0.717) is 23.0 Å². The minimum absolute atomic E-state index is 0.309. The zero-order chi connectivity index (χ0) is 21.2. The van der Waals surface area contributed by atoms with Crippen molar-refractivity contribution in [3.63, 3.8) is 0 Å². The van der Waals surface area contributed by atoms with E-state index in [1.54, 1.807) is 0 Å². The maximum atomic E-state index is 6.53. The maximum Gasteiger partial charge on any atom is 0.0706 e. The van der Waals surface area contributed by atoms with Gasteiger partial charge in [-0.2, -0.15) is 0 Å². The average Bonchev–Trinajstić information content (AvgIpc) is 3.08. The van der Waals surface area contributed by atoms with Gasteiger partial charge in [0.25, 0.3) is 0 Å². The summed E-state index contributed by atoms with van der Waals surface area (Å²) in [4.78, 5) is 0. The second-order valence-corrected chi connectivity index (χ2v) is 10.6. The van der Waals surface area contributed by atoms with Crippen molar-refractivity contribution in [2.45, 2.75) is 143 Å². The third-order valence-electron chi connectivity index (χ3n) is 8.71. The molecule has 0 amide bonds. The van der Waals surface area contributed by atoms with Crippen LogP contribution in [0.5, 0.6) is 0 Å².